The van der Waals surface area contributed by atoms with Crippen molar-refractivity contribution in [3.63, 3.8) is 0 Å². The van der Waals surface area contributed by atoms with Crippen molar-refractivity contribution < 1.29 is 9.90 Å². The quantitative estimate of drug-likeness (QED) is 0.593. The zero-order valence-electron chi connectivity index (χ0n) is 9.92. The van der Waals surface area contributed by atoms with Crippen LogP contribution in [0.5, 0.6) is 0 Å². The average molecular weight is 221 g/mol. The van der Waals surface area contributed by atoms with Crippen molar-refractivity contribution in [1.29, 1.82) is 0 Å². The van der Waals surface area contributed by atoms with Crippen LogP contribution in [0.15, 0.2) is 12.1 Å². The summed E-state index contributed by atoms with van der Waals surface area (Å²) in [7, 11) is 0. The SMILES string of the molecule is CCCCCc1ccc(C(=O)O)c(N)c1C. The van der Waals surface area contributed by atoms with Gasteiger partial charge in [0.15, 0.2) is 0 Å². The molecule has 1 aromatic rings. The first-order valence-electron chi connectivity index (χ1n) is 5.69. The Balaban J connectivity index is 2.89. The van der Waals surface area contributed by atoms with Crippen LogP contribution in [0, 0.1) is 6.92 Å². The number of nitrogen functional groups attached to an aromatic ring is 1. The van der Waals surface area contributed by atoms with Gasteiger partial charge in [0.25, 0.3) is 0 Å². The van der Waals surface area contributed by atoms with E-state index in [1.807, 2.05) is 13.0 Å². The molecule has 0 aliphatic carbocycles. The van der Waals surface area contributed by atoms with E-state index < -0.39 is 5.97 Å². The van der Waals surface area contributed by atoms with Crippen LogP contribution in [0.2, 0.25) is 0 Å². The van der Waals surface area contributed by atoms with Crippen LogP contribution in [0.25, 0.3) is 0 Å². The highest BCUT2D eigenvalue weighted by Gasteiger charge is 2.11. The molecule has 0 aliphatic rings. The fourth-order valence-electron chi connectivity index (χ4n) is 1.80. The van der Waals surface area contributed by atoms with Crippen molar-refractivity contribution >= 4 is 11.7 Å². The van der Waals surface area contributed by atoms with Crippen molar-refractivity contribution in [3.8, 4) is 0 Å². The molecular weight excluding hydrogens is 202 g/mol. The fourth-order valence-corrected chi connectivity index (χ4v) is 1.80. The molecule has 16 heavy (non-hydrogen) atoms. The molecule has 0 aromatic heterocycles. The molecule has 0 saturated heterocycles. The van der Waals surface area contributed by atoms with E-state index in [4.69, 9.17) is 10.8 Å². The van der Waals surface area contributed by atoms with Crippen LogP contribution in [0.4, 0.5) is 5.69 Å². The first-order chi connectivity index (χ1) is 7.57. The normalized spacial score (nSPS) is 10.4. The minimum absolute atomic E-state index is 0.205. The maximum atomic E-state index is 10.9. The molecule has 3 N–H and O–H groups in total. The summed E-state index contributed by atoms with van der Waals surface area (Å²) >= 11 is 0. The van der Waals surface area contributed by atoms with Crippen LogP contribution in [0.3, 0.4) is 0 Å². The standard InChI is InChI=1S/C13H19NO2/c1-3-4-5-6-10-7-8-11(13(15)16)12(14)9(10)2/h7-8H,3-6,14H2,1-2H3,(H,15,16). The van der Waals surface area contributed by atoms with E-state index in [1.54, 1.807) is 6.07 Å². The van der Waals surface area contributed by atoms with Gasteiger partial charge >= 0.3 is 5.97 Å². The van der Waals surface area contributed by atoms with Crippen molar-refractivity contribution in [2.24, 2.45) is 0 Å². The molecule has 0 amide bonds. The predicted octanol–water partition coefficient (Wildman–Crippen LogP) is 3.01. The molecule has 0 saturated carbocycles. The van der Waals surface area contributed by atoms with Gasteiger partial charge in [0.1, 0.15) is 0 Å². The van der Waals surface area contributed by atoms with Gasteiger partial charge in [-0.25, -0.2) is 4.79 Å². The number of carboxylic acids is 1. The van der Waals surface area contributed by atoms with E-state index in [2.05, 4.69) is 6.92 Å². The maximum absolute atomic E-state index is 10.9. The van der Waals surface area contributed by atoms with Crippen LogP contribution in [-0.4, -0.2) is 11.1 Å². The van der Waals surface area contributed by atoms with Gasteiger partial charge in [0.2, 0.25) is 0 Å². The molecule has 0 heterocycles. The van der Waals surface area contributed by atoms with E-state index in [9.17, 15) is 4.79 Å². The van der Waals surface area contributed by atoms with Crippen LogP contribution >= 0.6 is 0 Å². The Hall–Kier alpha value is -1.51. The Morgan fingerprint density at radius 3 is 2.62 bits per heavy atom. The van der Waals surface area contributed by atoms with Gasteiger partial charge < -0.3 is 10.8 Å². The van der Waals surface area contributed by atoms with Crippen molar-refractivity contribution in [1.82, 2.24) is 0 Å². The second-order valence-corrected chi connectivity index (χ2v) is 4.07. The zero-order valence-corrected chi connectivity index (χ0v) is 9.92. The fraction of sp³-hybridized carbons (Fsp3) is 0.462. The molecule has 0 radical (unpaired) electrons. The number of unbranched alkanes of at least 4 members (excludes halogenated alkanes) is 2. The third-order valence-electron chi connectivity index (χ3n) is 2.91. The van der Waals surface area contributed by atoms with E-state index >= 15 is 0 Å². The lowest BCUT2D eigenvalue weighted by Crippen LogP contribution is -2.06. The molecule has 3 heteroatoms. The number of aromatic carboxylic acids is 1. The smallest absolute Gasteiger partial charge is 0.337 e. The van der Waals surface area contributed by atoms with Gasteiger partial charge in [0, 0.05) is 5.69 Å². The number of nitrogens with two attached hydrogens (primary N) is 1. The summed E-state index contributed by atoms with van der Waals surface area (Å²) in [6.45, 7) is 4.05. The molecule has 0 fully saturated rings. The number of hydrogen-bond donors (Lipinski definition) is 2. The molecule has 88 valence electrons. The summed E-state index contributed by atoms with van der Waals surface area (Å²) < 4.78 is 0. The third-order valence-corrected chi connectivity index (χ3v) is 2.91. The minimum atomic E-state index is -0.958. The van der Waals surface area contributed by atoms with E-state index in [0.29, 0.717) is 5.69 Å². The number of anilines is 1. The number of carboxylic acid groups (broad SMARTS) is 1. The first kappa shape index (κ1) is 12.6. The van der Waals surface area contributed by atoms with Crippen LogP contribution in [0.1, 0.15) is 47.7 Å². The Kier molecular flexibility index (Phi) is 4.35. The van der Waals surface area contributed by atoms with Gasteiger partial charge in [-0.15, -0.1) is 0 Å². The van der Waals surface area contributed by atoms with E-state index in [-0.39, 0.29) is 5.56 Å². The molecule has 1 rings (SSSR count). The summed E-state index contributed by atoms with van der Waals surface area (Å²) in [5.74, 6) is -0.958. The summed E-state index contributed by atoms with van der Waals surface area (Å²) in [6.07, 6.45) is 4.48. The number of rotatable bonds is 5. The summed E-state index contributed by atoms with van der Waals surface area (Å²) in [6, 6.07) is 3.48. The Morgan fingerprint density at radius 2 is 2.06 bits per heavy atom. The van der Waals surface area contributed by atoms with E-state index in [0.717, 1.165) is 24.0 Å². The molecule has 0 atom stereocenters. The third kappa shape index (κ3) is 2.75. The summed E-state index contributed by atoms with van der Waals surface area (Å²) in [4.78, 5) is 10.9. The van der Waals surface area contributed by atoms with Crippen molar-refractivity contribution in [2.75, 3.05) is 5.73 Å². The molecule has 3 nitrogen and oxygen atoms in total. The van der Waals surface area contributed by atoms with Crippen LogP contribution in [-0.2, 0) is 6.42 Å². The zero-order chi connectivity index (χ0) is 12.1. The van der Waals surface area contributed by atoms with Crippen LogP contribution < -0.4 is 5.73 Å². The first-order valence-corrected chi connectivity index (χ1v) is 5.69. The second-order valence-electron chi connectivity index (χ2n) is 4.07. The highest BCUT2D eigenvalue weighted by molar-refractivity contribution is 5.94. The van der Waals surface area contributed by atoms with Crippen molar-refractivity contribution in [3.05, 3.63) is 28.8 Å². The molecule has 1 aromatic carbocycles. The maximum Gasteiger partial charge on any atom is 0.337 e. The molecule has 0 unspecified atom stereocenters. The molecule has 0 aliphatic heterocycles. The highest BCUT2D eigenvalue weighted by atomic mass is 16.4. The van der Waals surface area contributed by atoms with Gasteiger partial charge in [0.05, 0.1) is 5.56 Å². The summed E-state index contributed by atoms with van der Waals surface area (Å²) in [5.41, 5.74) is 8.49. The van der Waals surface area contributed by atoms with Gasteiger partial charge in [-0.2, -0.15) is 0 Å². The number of benzene rings is 1. The largest absolute Gasteiger partial charge is 0.478 e. The number of hydrogen-bond acceptors (Lipinski definition) is 2. The molecule has 0 spiro atoms. The monoisotopic (exact) mass is 221 g/mol. The van der Waals surface area contributed by atoms with Gasteiger partial charge in [-0.3, -0.25) is 0 Å². The Morgan fingerprint density at radius 1 is 1.38 bits per heavy atom. The molecule has 0 bridgehead atoms. The lowest BCUT2D eigenvalue weighted by atomic mass is 9.98. The topological polar surface area (TPSA) is 63.3 Å². The lowest BCUT2D eigenvalue weighted by molar-refractivity contribution is 0.0698. The van der Waals surface area contributed by atoms with Crippen molar-refractivity contribution in [2.45, 2.75) is 39.5 Å². The summed E-state index contributed by atoms with van der Waals surface area (Å²) in [5, 5.41) is 8.92. The highest BCUT2D eigenvalue weighted by Crippen LogP contribution is 2.22. The number of carbonyl (C=O) groups is 1. The van der Waals surface area contributed by atoms with Gasteiger partial charge in [-0.05, 0) is 37.0 Å². The molecular formula is C13H19NO2. The number of aryl methyl sites for hydroxylation is 1. The minimum Gasteiger partial charge on any atom is -0.478 e. The van der Waals surface area contributed by atoms with E-state index in [1.165, 1.54) is 12.8 Å². The average Bonchev–Trinajstić information content (AvgIpc) is 2.24. The van der Waals surface area contributed by atoms with Gasteiger partial charge in [-0.1, -0.05) is 25.8 Å². The Bertz CT molecular complexity index is 386. The Labute approximate surface area is 96.3 Å². The predicted molar refractivity (Wildman–Crippen MR) is 65.8 cm³/mol. The lowest BCUT2D eigenvalue weighted by Gasteiger charge is -2.10. The second kappa shape index (κ2) is 5.54.